The number of esters is 1. The number of halogens is 2. The van der Waals surface area contributed by atoms with Crippen LogP contribution in [0.4, 0.5) is 25.0 Å². The van der Waals surface area contributed by atoms with Crippen LogP contribution in [-0.2, 0) is 46.3 Å². The monoisotopic (exact) mass is 862 g/mol. The van der Waals surface area contributed by atoms with Crippen molar-refractivity contribution in [2.24, 2.45) is 5.92 Å². The Bertz CT molecular complexity index is 2090. The molecule has 334 valence electrons. The number of hydrogen-bond acceptors (Lipinski definition) is 9. The van der Waals surface area contributed by atoms with Crippen molar-refractivity contribution in [3.63, 3.8) is 0 Å². The number of fused-ring (bicyclic) bond motifs is 4. The summed E-state index contributed by atoms with van der Waals surface area (Å²) >= 11 is 0. The number of nitrogens with one attached hydrogen (secondary N) is 4. The fraction of sp³-hybridized carbons (Fsp3) is 0.568. The Hall–Kier alpha value is -5.81. The highest BCUT2D eigenvalue weighted by Crippen LogP contribution is 2.30. The molecule has 5 aliphatic heterocycles. The molecule has 0 saturated carbocycles. The number of rotatable bonds is 6. The number of amides is 7. The van der Waals surface area contributed by atoms with Crippen molar-refractivity contribution in [1.29, 1.82) is 0 Å². The molecule has 18 heteroatoms. The lowest BCUT2D eigenvalue weighted by Crippen LogP contribution is -2.65. The number of cyclic esters (lactones) is 1. The maximum absolute atomic E-state index is 14.9. The van der Waals surface area contributed by atoms with Crippen LogP contribution in [0.2, 0.25) is 0 Å². The molecule has 2 aromatic rings. The molecule has 62 heavy (non-hydrogen) atoms. The molecule has 4 N–H and O–H groups in total. The summed E-state index contributed by atoms with van der Waals surface area (Å²) in [5, 5.41) is 10.8. The molecule has 5 heterocycles. The summed E-state index contributed by atoms with van der Waals surface area (Å²) in [6, 6.07) is 0.153. The predicted octanol–water partition coefficient (Wildman–Crippen LogP) is 2.62. The molecule has 8 atom stereocenters. The molecule has 2 aromatic carbocycles. The zero-order valence-electron chi connectivity index (χ0n) is 35.6. The van der Waals surface area contributed by atoms with E-state index in [1.165, 1.54) is 28.5 Å². The number of likely N-dealkylation sites (N-methyl/N-ethyl adjacent to an activating group) is 1. The highest BCUT2D eigenvalue weighted by atomic mass is 19.1. The minimum Gasteiger partial charge on any atom is -0.458 e. The maximum atomic E-state index is 14.9. The van der Waals surface area contributed by atoms with E-state index in [9.17, 15) is 42.3 Å². The van der Waals surface area contributed by atoms with E-state index in [0.717, 1.165) is 36.3 Å². The van der Waals surface area contributed by atoms with Gasteiger partial charge in [-0.1, -0.05) is 6.92 Å². The summed E-state index contributed by atoms with van der Waals surface area (Å²) in [6.45, 7) is 6.21. The number of piperidine rings is 2. The van der Waals surface area contributed by atoms with Crippen molar-refractivity contribution in [2.45, 2.75) is 121 Å². The zero-order valence-corrected chi connectivity index (χ0v) is 35.6. The first-order valence-electron chi connectivity index (χ1n) is 21.7. The average molecular weight is 863 g/mol. The number of carbonyl (C=O) groups excluding carboxylic acids is 7. The van der Waals surface area contributed by atoms with Gasteiger partial charge in [-0.3, -0.25) is 24.0 Å². The SMILES string of the molecule is C[C@@H]1C[C@H]2C(=O)O[C@@H](C)[C@H](NC(=O)[C@H](Cc3cc(F)cc(F)c3)NC(=O)Nc3ccc4c(c3)CCN4C)C(=O)N3CCCC[C@H]3C(=O)N3CCCC[C@H]3C(=O)N[C@@H](C)C(=O)N2C1. The third-order valence-corrected chi connectivity index (χ3v) is 12.7. The molecular weight excluding hydrogens is 807 g/mol. The molecule has 0 radical (unpaired) electrons. The van der Waals surface area contributed by atoms with Crippen LogP contribution in [0.5, 0.6) is 0 Å². The molecule has 0 unspecified atom stereocenters. The number of urea groups is 1. The van der Waals surface area contributed by atoms with Crippen molar-refractivity contribution in [3.8, 4) is 0 Å². The fourth-order valence-corrected chi connectivity index (χ4v) is 9.53. The number of nitrogens with zero attached hydrogens (tertiary/aromatic N) is 4. The quantitative estimate of drug-likeness (QED) is 0.317. The lowest BCUT2D eigenvalue weighted by atomic mass is 9.95. The van der Waals surface area contributed by atoms with E-state index in [0.29, 0.717) is 43.9 Å². The summed E-state index contributed by atoms with van der Waals surface area (Å²) < 4.78 is 34.9. The molecule has 0 aliphatic carbocycles. The van der Waals surface area contributed by atoms with Crippen LogP contribution in [-0.4, -0.2) is 132 Å². The van der Waals surface area contributed by atoms with Gasteiger partial charge in [0.2, 0.25) is 29.5 Å². The van der Waals surface area contributed by atoms with Gasteiger partial charge in [-0.15, -0.1) is 0 Å². The van der Waals surface area contributed by atoms with Gasteiger partial charge in [-0.2, -0.15) is 0 Å². The Balaban J connectivity index is 1.21. The summed E-state index contributed by atoms with van der Waals surface area (Å²) in [7, 11) is 1.96. The number of hydrogen-bond donors (Lipinski definition) is 4. The minimum absolute atomic E-state index is 0.0310. The standard InChI is InChI=1S/C44H56F2N8O8/c1-24-17-36-43(60)62-26(3)37(42(59)53-15-8-6-10-35(53)41(58)52-14-7-5-9-34(52)39(56)47-25(2)40(57)54(36)23-24)50-38(55)32(20-27-18-29(45)22-30(46)19-27)49-44(61)48-31-11-12-33-28(21-31)13-16-51(33)4/h11-12,18-19,21-22,24-26,32,34-37H,5-10,13-17,20,23H2,1-4H3,(H,47,56)(H,50,55)(H2,48,49,61)/t24-,25+,26+,32+,34+,35+,36+,37+/m1/s1. The minimum atomic E-state index is -1.62. The normalized spacial score (nSPS) is 27.6. The van der Waals surface area contributed by atoms with E-state index in [1.54, 1.807) is 6.07 Å². The lowest BCUT2D eigenvalue weighted by Gasteiger charge is -2.43. The number of carbonyl (C=O) groups is 7. The number of benzene rings is 2. The molecule has 7 amide bonds. The molecular formula is C44H56F2N8O8. The van der Waals surface area contributed by atoms with Gasteiger partial charge < -0.3 is 45.6 Å². The van der Waals surface area contributed by atoms with Crippen molar-refractivity contribution in [3.05, 3.63) is 59.2 Å². The second kappa shape index (κ2) is 18.7. The Labute approximate surface area is 359 Å². The van der Waals surface area contributed by atoms with Gasteiger partial charge in [0.15, 0.2) is 0 Å². The van der Waals surface area contributed by atoms with Gasteiger partial charge in [-0.25, -0.2) is 18.4 Å². The van der Waals surface area contributed by atoms with E-state index < -0.39 is 102 Å². The molecule has 0 spiro atoms. The topological polar surface area (TPSA) is 190 Å². The summed E-state index contributed by atoms with van der Waals surface area (Å²) in [4.78, 5) is 105. The van der Waals surface area contributed by atoms with Gasteiger partial charge in [0.25, 0.3) is 0 Å². The molecule has 7 rings (SSSR count). The molecule has 0 bridgehead atoms. The Morgan fingerprint density at radius 1 is 0.823 bits per heavy atom. The lowest BCUT2D eigenvalue weighted by molar-refractivity contribution is -0.164. The van der Waals surface area contributed by atoms with E-state index in [-0.39, 0.29) is 44.0 Å². The molecule has 5 aliphatic rings. The summed E-state index contributed by atoms with van der Waals surface area (Å²) in [6.07, 6.45) is 2.27. The molecule has 16 nitrogen and oxygen atoms in total. The Morgan fingerprint density at radius 3 is 2.21 bits per heavy atom. The largest absolute Gasteiger partial charge is 0.458 e. The van der Waals surface area contributed by atoms with Gasteiger partial charge >= 0.3 is 12.0 Å². The van der Waals surface area contributed by atoms with Crippen molar-refractivity contribution >= 4 is 52.9 Å². The summed E-state index contributed by atoms with van der Waals surface area (Å²) in [5.41, 5.74) is 2.51. The highest BCUT2D eigenvalue weighted by molar-refractivity contribution is 5.99. The van der Waals surface area contributed by atoms with Gasteiger partial charge in [0.1, 0.15) is 54.0 Å². The van der Waals surface area contributed by atoms with Crippen LogP contribution in [0.15, 0.2) is 36.4 Å². The van der Waals surface area contributed by atoms with Crippen LogP contribution in [0.3, 0.4) is 0 Å². The fourth-order valence-electron chi connectivity index (χ4n) is 9.53. The summed E-state index contributed by atoms with van der Waals surface area (Å²) in [5.74, 6) is -5.90. The number of ether oxygens (including phenoxy) is 1. The predicted molar refractivity (Wildman–Crippen MR) is 222 cm³/mol. The first-order chi connectivity index (χ1) is 29.6. The van der Waals surface area contributed by atoms with Crippen molar-refractivity contribution in [1.82, 2.24) is 30.7 Å². The second-order valence-corrected chi connectivity index (χ2v) is 17.4. The molecule has 0 aromatic heterocycles. The van der Waals surface area contributed by atoms with E-state index >= 15 is 0 Å². The van der Waals surface area contributed by atoms with Crippen LogP contribution in [0.25, 0.3) is 0 Å². The van der Waals surface area contributed by atoms with Crippen LogP contribution < -0.4 is 26.2 Å². The van der Waals surface area contributed by atoms with Crippen molar-refractivity contribution in [2.75, 3.05) is 43.4 Å². The van der Waals surface area contributed by atoms with Gasteiger partial charge in [0.05, 0.1) is 0 Å². The van der Waals surface area contributed by atoms with Crippen LogP contribution >= 0.6 is 0 Å². The number of anilines is 2. The third kappa shape index (κ3) is 9.63. The van der Waals surface area contributed by atoms with Gasteiger partial charge in [-0.05, 0) is 113 Å². The van der Waals surface area contributed by atoms with Gasteiger partial charge in [0, 0.05) is 57.1 Å². The molecule has 4 saturated heterocycles. The highest BCUT2D eigenvalue weighted by Gasteiger charge is 2.47. The van der Waals surface area contributed by atoms with Crippen LogP contribution in [0, 0.1) is 17.6 Å². The van der Waals surface area contributed by atoms with E-state index in [4.69, 9.17) is 4.74 Å². The first-order valence-corrected chi connectivity index (χ1v) is 21.7. The second-order valence-electron chi connectivity index (χ2n) is 17.4. The molecule has 4 fully saturated rings. The smallest absolute Gasteiger partial charge is 0.329 e. The zero-order chi connectivity index (χ0) is 44.4. The Kier molecular flexibility index (Phi) is 13.3. The van der Waals surface area contributed by atoms with Crippen molar-refractivity contribution < 1.29 is 47.1 Å². The average Bonchev–Trinajstić information content (AvgIpc) is 3.82. The first kappa shape index (κ1) is 44.3. The third-order valence-electron chi connectivity index (χ3n) is 12.7. The maximum Gasteiger partial charge on any atom is 0.329 e. The van der Waals surface area contributed by atoms with E-state index in [1.807, 2.05) is 26.1 Å². The Morgan fingerprint density at radius 2 is 1.50 bits per heavy atom. The van der Waals surface area contributed by atoms with Crippen LogP contribution in [0.1, 0.15) is 76.8 Å². The van der Waals surface area contributed by atoms with E-state index in [2.05, 4.69) is 26.2 Å².